The molecular formula is C24H24BrNO6. The van der Waals surface area contributed by atoms with Gasteiger partial charge in [-0.3, -0.25) is 14.5 Å². The quantitative estimate of drug-likeness (QED) is 0.206. The number of hydrogen-bond donors (Lipinski definition) is 0. The van der Waals surface area contributed by atoms with Gasteiger partial charge in [0.1, 0.15) is 0 Å². The average Bonchev–Trinajstić information content (AvgIpc) is 3.03. The molecule has 1 heterocycles. The predicted octanol–water partition coefficient (Wildman–Crippen LogP) is 4.49. The van der Waals surface area contributed by atoms with Gasteiger partial charge in [-0.1, -0.05) is 28.9 Å². The summed E-state index contributed by atoms with van der Waals surface area (Å²) in [5.74, 6) is 0.0555. The Balaban J connectivity index is 1.47. The molecule has 2 aromatic carbocycles. The number of amides is 2. The zero-order valence-corrected chi connectivity index (χ0v) is 19.5. The molecule has 0 radical (unpaired) electrons. The second kappa shape index (κ2) is 10.9. The molecule has 0 unspecified atom stereocenters. The molecule has 0 saturated carbocycles. The molecular weight excluding hydrogens is 478 g/mol. The summed E-state index contributed by atoms with van der Waals surface area (Å²) in [6.45, 7) is 2.88. The van der Waals surface area contributed by atoms with Gasteiger partial charge in [-0.05, 0) is 54.8 Å². The third-order valence-corrected chi connectivity index (χ3v) is 5.26. The molecule has 7 nitrogen and oxygen atoms in total. The van der Waals surface area contributed by atoms with E-state index >= 15 is 0 Å². The topological polar surface area (TPSA) is 82.1 Å². The molecule has 32 heavy (non-hydrogen) atoms. The van der Waals surface area contributed by atoms with Crippen LogP contribution in [0.4, 0.5) is 0 Å². The van der Waals surface area contributed by atoms with Gasteiger partial charge in [0.15, 0.2) is 11.5 Å². The fourth-order valence-electron chi connectivity index (χ4n) is 3.19. The summed E-state index contributed by atoms with van der Waals surface area (Å²) >= 11 is 3.31. The highest BCUT2D eigenvalue weighted by Gasteiger charge is 2.35. The summed E-state index contributed by atoms with van der Waals surface area (Å²) < 4.78 is 16.9. The Labute approximate surface area is 195 Å². The van der Waals surface area contributed by atoms with E-state index in [2.05, 4.69) is 15.9 Å². The SMILES string of the molecule is CCCOc1ccc(/C=C/C(=O)OCCCN2C(=O)c3ccc(Br)cc3C2=O)cc1OC. The number of fused-ring (bicyclic) bond motifs is 1. The normalized spacial score (nSPS) is 12.9. The number of imide groups is 1. The molecule has 0 atom stereocenters. The van der Waals surface area contributed by atoms with Gasteiger partial charge in [0.2, 0.25) is 0 Å². The Morgan fingerprint density at radius 1 is 1.03 bits per heavy atom. The first kappa shape index (κ1) is 23.5. The first-order valence-corrected chi connectivity index (χ1v) is 11.0. The van der Waals surface area contributed by atoms with Gasteiger partial charge in [0.05, 0.1) is 31.5 Å². The molecule has 0 bridgehead atoms. The Hall–Kier alpha value is -3.13. The molecule has 0 spiro atoms. The Morgan fingerprint density at radius 3 is 2.56 bits per heavy atom. The van der Waals surface area contributed by atoms with Crippen molar-refractivity contribution in [2.45, 2.75) is 19.8 Å². The molecule has 168 valence electrons. The maximum absolute atomic E-state index is 12.4. The summed E-state index contributed by atoms with van der Waals surface area (Å²) in [6, 6.07) is 10.4. The highest BCUT2D eigenvalue weighted by Crippen LogP contribution is 2.29. The van der Waals surface area contributed by atoms with Crippen molar-refractivity contribution in [3.63, 3.8) is 0 Å². The molecule has 2 amide bonds. The van der Waals surface area contributed by atoms with Crippen LogP contribution < -0.4 is 9.47 Å². The van der Waals surface area contributed by atoms with E-state index in [4.69, 9.17) is 14.2 Å². The monoisotopic (exact) mass is 501 g/mol. The van der Waals surface area contributed by atoms with Gasteiger partial charge in [-0.2, -0.15) is 0 Å². The number of rotatable bonds is 10. The first-order chi connectivity index (χ1) is 15.4. The summed E-state index contributed by atoms with van der Waals surface area (Å²) in [7, 11) is 1.56. The van der Waals surface area contributed by atoms with Gasteiger partial charge in [0.25, 0.3) is 11.8 Å². The number of esters is 1. The van der Waals surface area contributed by atoms with Crippen molar-refractivity contribution >= 4 is 39.8 Å². The van der Waals surface area contributed by atoms with Crippen LogP contribution in [0.15, 0.2) is 46.9 Å². The van der Waals surface area contributed by atoms with E-state index in [-0.39, 0.29) is 25.0 Å². The van der Waals surface area contributed by atoms with Crippen molar-refractivity contribution in [2.75, 3.05) is 26.9 Å². The minimum absolute atomic E-state index is 0.0907. The van der Waals surface area contributed by atoms with Crippen LogP contribution in [0.5, 0.6) is 11.5 Å². The smallest absolute Gasteiger partial charge is 0.330 e. The van der Waals surface area contributed by atoms with E-state index < -0.39 is 5.97 Å². The maximum atomic E-state index is 12.4. The molecule has 3 rings (SSSR count). The first-order valence-electron chi connectivity index (χ1n) is 10.3. The fraction of sp³-hybridized carbons (Fsp3) is 0.292. The van der Waals surface area contributed by atoms with Crippen LogP contribution in [-0.2, 0) is 9.53 Å². The minimum atomic E-state index is -0.512. The Bertz CT molecular complexity index is 1050. The number of methoxy groups -OCH3 is 1. The summed E-state index contributed by atoms with van der Waals surface area (Å²) in [5, 5.41) is 0. The molecule has 1 aliphatic heterocycles. The van der Waals surface area contributed by atoms with Crippen LogP contribution in [-0.4, -0.2) is 49.6 Å². The number of ether oxygens (including phenoxy) is 3. The largest absolute Gasteiger partial charge is 0.493 e. The lowest BCUT2D eigenvalue weighted by atomic mass is 10.1. The van der Waals surface area contributed by atoms with E-state index in [9.17, 15) is 14.4 Å². The molecule has 8 heteroatoms. The van der Waals surface area contributed by atoms with Crippen molar-refractivity contribution in [3.8, 4) is 11.5 Å². The van der Waals surface area contributed by atoms with Crippen molar-refractivity contribution in [1.82, 2.24) is 4.90 Å². The minimum Gasteiger partial charge on any atom is -0.493 e. The second-order valence-electron chi connectivity index (χ2n) is 7.06. The van der Waals surface area contributed by atoms with E-state index in [1.54, 1.807) is 43.5 Å². The van der Waals surface area contributed by atoms with E-state index in [0.717, 1.165) is 16.5 Å². The van der Waals surface area contributed by atoms with Crippen molar-refractivity contribution in [2.24, 2.45) is 0 Å². The summed E-state index contributed by atoms with van der Waals surface area (Å²) in [6.07, 6.45) is 4.18. The average molecular weight is 502 g/mol. The Morgan fingerprint density at radius 2 is 1.81 bits per heavy atom. The van der Waals surface area contributed by atoms with Crippen LogP contribution in [0.25, 0.3) is 6.08 Å². The van der Waals surface area contributed by atoms with Crippen LogP contribution in [0.2, 0.25) is 0 Å². The molecule has 0 aromatic heterocycles. The zero-order valence-electron chi connectivity index (χ0n) is 17.9. The third-order valence-electron chi connectivity index (χ3n) is 4.76. The highest BCUT2D eigenvalue weighted by molar-refractivity contribution is 9.10. The lowest BCUT2D eigenvalue weighted by Gasteiger charge is -2.13. The third kappa shape index (κ3) is 5.56. The van der Waals surface area contributed by atoms with E-state index in [0.29, 0.717) is 35.7 Å². The standard InChI is InChI=1S/C24H24BrNO6/c1-3-12-31-20-9-5-16(14-21(20)30-2)6-10-22(27)32-13-4-11-26-23(28)18-8-7-17(25)15-19(18)24(26)29/h5-10,14-15H,3-4,11-13H2,1-2H3/b10-6+. The number of carbonyl (C=O) groups excluding carboxylic acids is 3. The molecule has 0 N–H and O–H groups in total. The molecule has 1 aliphatic rings. The van der Waals surface area contributed by atoms with Crippen LogP contribution in [0.1, 0.15) is 46.0 Å². The second-order valence-corrected chi connectivity index (χ2v) is 7.98. The predicted molar refractivity (Wildman–Crippen MR) is 123 cm³/mol. The van der Waals surface area contributed by atoms with Gasteiger partial charge in [-0.25, -0.2) is 4.79 Å². The van der Waals surface area contributed by atoms with Gasteiger partial charge >= 0.3 is 5.97 Å². The van der Waals surface area contributed by atoms with Crippen LogP contribution in [0.3, 0.4) is 0 Å². The number of carbonyl (C=O) groups is 3. The van der Waals surface area contributed by atoms with Crippen molar-refractivity contribution in [1.29, 1.82) is 0 Å². The van der Waals surface area contributed by atoms with Crippen molar-refractivity contribution in [3.05, 3.63) is 63.6 Å². The Kier molecular flexibility index (Phi) is 8.05. The van der Waals surface area contributed by atoms with Crippen LogP contribution >= 0.6 is 15.9 Å². The molecule has 0 aliphatic carbocycles. The lowest BCUT2D eigenvalue weighted by molar-refractivity contribution is -0.137. The summed E-state index contributed by atoms with van der Waals surface area (Å²) in [5.41, 5.74) is 1.53. The number of benzene rings is 2. The zero-order chi connectivity index (χ0) is 23.1. The van der Waals surface area contributed by atoms with Gasteiger partial charge < -0.3 is 14.2 Å². The van der Waals surface area contributed by atoms with E-state index in [1.165, 1.54) is 11.0 Å². The fourth-order valence-corrected chi connectivity index (χ4v) is 3.55. The number of hydrogen-bond acceptors (Lipinski definition) is 6. The van der Waals surface area contributed by atoms with Crippen LogP contribution in [0, 0.1) is 0 Å². The maximum Gasteiger partial charge on any atom is 0.330 e. The molecule has 2 aromatic rings. The molecule has 0 fully saturated rings. The number of nitrogens with zero attached hydrogens (tertiary/aromatic N) is 1. The van der Waals surface area contributed by atoms with Gasteiger partial charge in [0, 0.05) is 17.1 Å². The van der Waals surface area contributed by atoms with Crippen molar-refractivity contribution < 1.29 is 28.6 Å². The highest BCUT2D eigenvalue weighted by atomic mass is 79.9. The van der Waals surface area contributed by atoms with Gasteiger partial charge in [-0.15, -0.1) is 0 Å². The molecule has 0 saturated heterocycles. The lowest BCUT2D eigenvalue weighted by Crippen LogP contribution is -2.31. The summed E-state index contributed by atoms with van der Waals surface area (Å²) in [4.78, 5) is 38.0. The van der Waals surface area contributed by atoms with E-state index in [1.807, 2.05) is 13.0 Å². The number of halogens is 1.